The molecule has 1 N–H and O–H groups in total. The van der Waals surface area contributed by atoms with E-state index in [4.69, 9.17) is 16.3 Å². The Morgan fingerprint density at radius 2 is 1.78 bits per heavy atom. The lowest BCUT2D eigenvalue weighted by atomic mass is 10.0. The quantitative estimate of drug-likeness (QED) is 0.433. The highest BCUT2D eigenvalue weighted by Crippen LogP contribution is 2.37. The molecule has 0 unspecified atom stereocenters. The van der Waals surface area contributed by atoms with Crippen LogP contribution in [0.2, 0.25) is 5.02 Å². The molecule has 3 nitrogen and oxygen atoms in total. The molecular formula is C23H21ClN2O. The minimum absolute atomic E-state index is 0.373. The average molecular weight is 377 g/mol. The summed E-state index contributed by atoms with van der Waals surface area (Å²) in [7, 11) is 0. The van der Waals surface area contributed by atoms with E-state index < -0.39 is 0 Å². The Hall–Kier alpha value is -2.52. The standard InChI is InChI=1S/C23H21ClN2O/c1-14-22-19(10-11-25-14)21-13-16(24)12-20(23(21)26-22)15-6-8-18(9-7-15)27-17-4-2-3-5-17/h6-13,17,26H,2-5H2,1H3. The van der Waals surface area contributed by atoms with Crippen LogP contribution in [0.15, 0.2) is 48.7 Å². The minimum atomic E-state index is 0.373. The number of halogens is 1. The van der Waals surface area contributed by atoms with Crippen molar-refractivity contribution in [3.8, 4) is 16.9 Å². The van der Waals surface area contributed by atoms with Gasteiger partial charge in [0.05, 0.1) is 22.8 Å². The zero-order valence-electron chi connectivity index (χ0n) is 15.3. The van der Waals surface area contributed by atoms with Crippen LogP contribution in [-0.2, 0) is 0 Å². The number of rotatable bonds is 3. The van der Waals surface area contributed by atoms with Crippen molar-refractivity contribution in [3.05, 3.63) is 59.4 Å². The molecule has 0 saturated heterocycles. The normalized spacial score (nSPS) is 15.0. The first-order valence-electron chi connectivity index (χ1n) is 9.53. The maximum Gasteiger partial charge on any atom is 0.119 e. The minimum Gasteiger partial charge on any atom is -0.490 e. The molecule has 1 aliphatic carbocycles. The maximum atomic E-state index is 6.46. The Morgan fingerprint density at radius 1 is 1.00 bits per heavy atom. The largest absolute Gasteiger partial charge is 0.490 e. The second kappa shape index (κ2) is 6.58. The molecule has 2 aromatic heterocycles. The van der Waals surface area contributed by atoms with Crippen molar-refractivity contribution in [1.29, 1.82) is 0 Å². The van der Waals surface area contributed by atoms with Crippen LogP contribution in [0.1, 0.15) is 31.4 Å². The summed E-state index contributed by atoms with van der Waals surface area (Å²) in [5, 5.41) is 3.02. The monoisotopic (exact) mass is 376 g/mol. The molecule has 27 heavy (non-hydrogen) atoms. The first-order valence-corrected chi connectivity index (χ1v) is 9.90. The van der Waals surface area contributed by atoms with Crippen molar-refractivity contribution in [1.82, 2.24) is 9.97 Å². The number of hydrogen-bond donors (Lipinski definition) is 1. The first kappa shape index (κ1) is 16.6. The molecule has 0 radical (unpaired) electrons. The lowest BCUT2D eigenvalue weighted by molar-refractivity contribution is 0.210. The van der Waals surface area contributed by atoms with Gasteiger partial charge in [-0.05, 0) is 68.5 Å². The van der Waals surface area contributed by atoms with E-state index in [1.54, 1.807) is 0 Å². The second-order valence-electron chi connectivity index (χ2n) is 7.37. The first-order chi connectivity index (χ1) is 13.2. The Bertz CT molecular complexity index is 1120. The summed E-state index contributed by atoms with van der Waals surface area (Å²) in [5.74, 6) is 0.945. The predicted molar refractivity (Wildman–Crippen MR) is 112 cm³/mol. The van der Waals surface area contributed by atoms with E-state index >= 15 is 0 Å². The van der Waals surface area contributed by atoms with Gasteiger partial charge in [0.15, 0.2) is 0 Å². The van der Waals surface area contributed by atoms with Gasteiger partial charge in [-0.3, -0.25) is 4.98 Å². The van der Waals surface area contributed by atoms with Crippen LogP contribution < -0.4 is 4.74 Å². The highest BCUT2D eigenvalue weighted by atomic mass is 35.5. The number of nitrogens with zero attached hydrogens (tertiary/aromatic N) is 1. The summed E-state index contributed by atoms with van der Waals surface area (Å²) in [5.41, 5.74) is 5.37. The molecule has 0 aliphatic heterocycles. The molecule has 2 aromatic carbocycles. The summed E-state index contributed by atoms with van der Waals surface area (Å²) in [6, 6.07) is 14.5. The van der Waals surface area contributed by atoms with Gasteiger partial charge in [-0.2, -0.15) is 0 Å². The Balaban J connectivity index is 1.59. The number of benzene rings is 2. The molecule has 2 heterocycles. The third-order valence-corrected chi connectivity index (χ3v) is 5.77. The van der Waals surface area contributed by atoms with Crippen molar-refractivity contribution in [2.24, 2.45) is 0 Å². The van der Waals surface area contributed by atoms with Gasteiger partial charge in [0.25, 0.3) is 0 Å². The molecule has 1 aliphatic rings. The molecule has 5 rings (SSSR count). The lowest BCUT2D eigenvalue weighted by Gasteiger charge is -2.13. The zero-order valence-corrected chi connectivity index (χ0v) is 16.0. The lowest BCUT2D eigenvalue weighted by Crippen LogP contribution is -2.10. The van der Waals surface area contributed by atoms with Crippen LogP contribution in [0.3, 0.4) is 0 Å². The van der Waals surface area contributed by atoms with Crippen LogP contribution in [0.25, 0.3) is 32.9 Å². The Morgan fingerprint density at radius 3 is 2.56 bits per heavy atom. The fourth-order valence-corrected chi connectivity index (χ4v) is 4.39. The fraction of sp³-hybridized carbons (Fsp3) is 0.261. The number of nitrogens with one attached hydrogen (secondary N) is 1. The highest BCUT2D eigenvalue weighted by Gasteiger charge is 2.17. The van der Waals surface area contributed by atoms with Gasteiger partial charge in [0, 0.05) is 27.6 Å². The predicted octanol–water partition coefficient (Wildman–Crippen LogP) is 6.67. The van der Waals surface area contributed by atoms with Gasteiger partial charge in [-0.1, -0.05) is 23.7 Å². The average Bonchev–Trinajstić information content (AvgIpc) is 3.31. The van der Waals surface area contributed by atoms with Gasteiger partial charge >= 0.3 is 0 Å². The van der Waals surface area contributed by atoms with E-state index in [-0.39, 0.29) is 0 Å². The summed E-state index contributed by atoms with van der Waals surface area (Å²) in [6.07, 6.45) is 7.10. The molecule has 0 atom stereocenters. The van der Waals surface area contributed by atoms with E-state index in [9.17, 15) is 0 Å². The van der Waals surface area contributed by atoms with E-state index in [1.807, 2.05) is 31.3 Å². The third-order valence-electron chi connectivity index (χ3n) is 5.55. The maximum absolute atomic E-state index is 6.46. The van der Waals surface area contributed by atoms with Crippen LogP contribution in [0.4, 0.5) is 0 Å². The van der Waals surface area contributed by atoms with Crippen molar-refractivity contribution < 1.29 is 4.74 Å². The fourth-order valence-electron chi connectivity index (χ4n) is 4.17. The molecule has 0 amide bonds. The van der Waals surface area contributed by atoms with E-state index in [1.165, 1.54) is 25.7 Å². The van der Waals surface area contributed by atoms with Gasteiger partial charge < -0.3 is 9.72 Å². The van der Waals surface area contributed by atoms with E-state index in [0.717, 1.165) is 49.4 Å². The molecule has 136 valence electrons. The molecule has 0 spiro atoms. The summed E-state index contributed by atoms with van der Waals surface area (Å²) in [4.78, 5) is 7.97. The number of H-pyrrole nitrogens is 1. The number of pyridine rings is 1. The summed E-state index contributed by atoms with van der Waals surface area (Å²) in [6.45, 7) is 2.02. The van der Waals surface area contributed by atoms with E-state index in [2.05, 4.69) is 34.2 Å². The summed E-state index contributed by atoms with van der Waals surface area (Å²) < 4.78 is 6.10. The van der Waals surface area contributed by atoms with Crippen LogP contribution in [0.5, 0.6) is 5.75 Å². The third kappa shape index (κ3) is 2.96. The molecule has 1 saturated carbocycles. The molecule has 0 bridgehead atoms. The summed E-state index contributed by atoms with van der Waals surface area (Å²) >= 11 is 6.46. The van der Waals surface area contributed by atoms with E-state index in [0.29, 0.717) is 6.10 Å². The van der Waals surface area contributed by atoms with Crippen LogP contribution in [0, 0.1) is 6.92 Å². The number of fused-ring (bicyclic) bond motifs is 3. The Labute approximate surface area is 163 Å². The number of hydrogen-bond acceptors (Lipinski definition) is 2. The number of ether oxygens (including phenoxy) is 1. The Kier molecular flexibility index (Phi) is 4.05. The zero-order chi connectivity index (χ0) is 18.4. The van der Waals surface area contributed by atoms with Gasteiger partial charge in [-0.15, -0.1) is 0 Å². The van der Waals surface area contributed by atoms with Gasteiger partial charge in [-0.25, -0.2) is 0 Å². The van der Waals surface area contributed by atoms with Crippen molar-refractivity contribution in [3.63, 3.8) is 0 Å². The number of aryl methyl sites for hydroxylation is 1. The van der Waals surface area contributed by atoms with Crippen molar-refractivity contribution >= 4 is 33.4 Å². The van der Waals surface area contributed by atoms with Crippen LogP contribution >= 0.6 is 11.6 Å². The smallest absolute Gasteiger partial charge is 0.119 e. The van der Waals surface area contributed by atoms with Crippen molar-refractivity contribution in [2.45, 2.75) is 38.7 Å². The van der Waals surface area contributed by atoms with Crippen LogP contribution in [-0.4, -0.2) is 16.1 Å². The second-order valence-corrected chi connectivity index (χ2v) is 7.80. The molecular weight excluding hydrogens is 356 g/mol. The molecule has 1 fully saturated rings. The van der Waals surface area contributed by atoms with Crippen molar-refractivity contribution in [2.75, 3.05) is 0 Å². The molecule has 4 heteroatoms. The van der Waals surface area contributed by atoms with Gasteiger partial charge in [0.1, 0.15) is 5.75 Å². The highest BCUT2D eigenvalue weighted by molar-refractivity contribution is 6.32. The number of aromatic amines is 1. The SMILES string of the molecule is Cc1nccc2c1[nH]c1c(-c3ccc(OC4CCCC4)cc3)cc(Cl)cc12. The topological polar surface area (TPSA) is 37.9 Å². The van der Waals surface area contributed by atoms with Gasteiger partial charge in [0.2, 0.25) is 0 Å². The number of aromatic nitrogens is 2. The molecule has 4 aromatic rings.